The lowest BCUT2D eigenvalue weighted by molar-refractivity contribution is 0.482. The second-order valence-corrected chi connectivity index (χ2v) is 4.81. The van der Waals surface area contributed by atoms with Crippen molar-refractivity contribution in [3.8, 4) is 0 Å². The third-order valence-electron chi connectivity index (χ3n) is 3.10. The lowest BCUT2D eigenvalue weighted by Crippen LogP contribution is -2.20. The van der Waals surface area contributed by atoms with Crippen LogP contribution < -0.4 is 5.73 Å². The van der Waals surface area contributed by atoms with Gasteiger partial charge in [0.15, 0.2) is 0 Å². The zero-order chi connectivity index (χ0) is 13.1. The fourth-order valence-electron chi connectivity index (χ4n) is 1.89. The molecule has 1 aromatic heterocycles. The number of benzene rings is 1. The van der Waals surface area contributed by atoms with E-state index in [4.69, 9.17) is 5.73 Å². The predicted molar refractivity (Wildman–Crippen MR) is 69.5 cm³/mol. The van der Waals surface area contributed by atoms with Crippen molar-refractivity contribution < 1.29 is 4.39 Å². The molecule has 2 rings (SSSR count). The lowest BCUT2D eigenvalue weighted by atomic mass is 10.0. The maximum atomic E-state index is 13.6. The minimum atomic E-state index is -0.199. The lowest BCUT2D eigenvalue weighted by Gasteiger charge is -2.18. The minimum absolute atomic E-state index is 0.0840. The summed E-state index contributed by atoms with van der Waals surface area (Å²) >= 11 is 0. The summed E-state index contributed by atoms with van der Waals surface area (Å²) in [6, 6.07) is 6.68. The summed E-state index contributed by atoms with van der Waals surface area (Å²) in [5.41, 5.74) is 7.70. The number of nitrogens with zero attached hydrogens (tertiary/aromatic N) is 2. The Morgan fingerprint density at radius 2 is 2.06 bits per heavy atom. The van der Waals surface area contributed by atoms with Gasteiger partial charge in [-0.3, -0.25) is 0 Å². The second kappa shape index (κ2) is 5.31. The number of rotatable bonds is 4. The van der Waals surface area contributed by atoms with E-state index in [1.54, 1.807) is 24.7 Å². The van der Waals surface area contributed by atoms with E-state index in [1.165, 1.54) is 6.07 Å². The van der Waals surface area contributed by atoms with Gasteiger partial charge in [0.1, 0.15) is 5.82 Å². The first kappa shape index (κ1) is 12.8. The van der Waals surface area contributed by atoms with Gasteiger partial charge < -0.3 is 10.3 Å². The molecular weight excluding hydrogens is 229 g/mol. The first-order valence-corrected chi connectivity index (χ1v) is 6.08. The van der Waals surface area contributed by atoms with Crippen LogP contribution in [-0.4, -0.2) is 9.55 Å². The highest BCUT2D eigenvalue weighted by molar-refractivity contribution is 5.19. The number of halogens is 1. The number of aromatic nitrogens is 2. The fourth-order valence-corrected chi connectivity index (χ4v) is 1.89. The Morgan fingerprint density at radius 3 is 2.72 bits per heavy atom. The minimum Gasteiger partial charge on any atom is -0.329 e. The number of hydrogen-bond acceptors (Lipinski definition) is 2. The maximum Gasteiger partial charge on any atom is 0.128 e. The molecule has 0 saturated carbocycles. The topological polar surface area (TPSA) is 43.8 Å². The summed E-state index contributed by atoms with van der Waals surface area (Å²) in [4.78, 5) is 4.11. The third-order valence-corrected chi connectivity index (χ3v) is 3.10. The Bertz CT molecular complexity index is 519. The molecule has 1 aromatic carbocycles. The zero-order valence-corrected chi connectivity index (χ0v) is 10.7. The van der Waals surface area contributed by atoms with Gasteiger partial charge in [-0.25, -0.2) is 9.37 Å². The molecule has 0 aliphatic heterocycles. The van der Waals surface area contributed by atoms with Crippen LogP contribution in [0.2, 0.25) is 0 Å². The average Bonchev–Trinajstić information content (AvgIpc) is 2.79. The molecule has 0 aliphatic carbocycles. The van der Waals surface area contributed by atoms with E-state index < -0.39 is 0 Å². The fraction of sp³-hybridized carbons (Fsp3) is 0.357. The molecule has 0 amide bonds. The summed E-state index contributed by atoms with van der Waals surface area (Å²) in [6.07, 6.45) is 3.45. The molecule has 4 heteroatoms. The van der Waals surface area contributed by atoms with Crippen LogP contribution >= 0.6 is 0 Å². The zero-order valence-electron chi connectivity index (χ0n) is 10.7. The standard InChI is InChI=1S/C14H18FN3/c1-10(2)14(16)13-7-17-9-18(13)8-11-5-3-4-6-12(11)15/h3-7,9-10,14H,8,16H2,1-2H3. The van der Waals surface area contributed by atoms with E-state index in [0.29, 0.717) is 18.0 Å². The molecular formula is C14H18FN3. The van der Waals surface area contributed by atoms with Gasteiger partial charge in [0.25, 0.3) is 0 Å². The Hall–Kier alpha value is -1.68. The summed E-state index contributed by atoms with van der Waals surface area (Å²) in [5, 5.41) is 0. The molecule has 2 N–H and O–H groups in total. The van der Waals surface area contributed by atoms with Crippen LogP contribution in [0, 0.1) is 11.7 Å². The largest absolute Gasteiger partial charge is 0.329 e. The maximum absolute atomic E-state index is 13.6. The Morgan fingerprint density at radius 1 is 1.33 bits per heavy atom. The highest BCUT2D eigenvalue weighted by atomic mass is 19.1. The Balaban J connectivity index is 2.26. The van der Waals surface area contributed by atoms with Crippen molar-refractivity contribution in [3.63, 3.8) is 0 Å². The SMILES string of the molecule is CC(C)C(N)c1cncn1Cc1ccccc1F. The van der Waals surface area contributed by atoms with Crippen LogP contribution in [0.4, 0.5) is 4.39 Å². The molecule has 0 saturated heterocycles. The predicted octanol–water partition coefficient (Wildman–Crippen LogP) is 2.73. The number of hydrogen-bond donors (Lipinski definition) is 1. The van der Waals surface area contributed by atoms with Gasteiger partial charge in [-0.2, -0.15) is 0 Å². The average molecular weight is 247 g/mol. The van der Waals surface area contributed by atoms with E-state index in [0.717, 1.165) is 5.69 Å². The van der Waals surface area contributed by atoms with Gasteiger partial charge in [0.05, 0.1) is 18.6 Å². The molecule has 0 radical (unpaired) electrons. The van der Waals surface area contributed by atoms with Crippen LogP contribution in [-0.2, 0) is 6.54 Å². The van der Waals surface area contributed by atoms with Crippen molar-refractivity contribution in [2.75, 3.05) is 0 Å². The summed E-state index contributed by atoms with van der Waals surface area (Å²) < 4.78 is 15.5. The Kier molecular flexibility index (Phi) is 3.77. The van der Waals surface area contributed by atoms with Crippen LogP contribution in [0.15, 0.2) is 36.8 Å². The summed E-state index contributed by atoms with van der Waals surface area (Å²) in [5.74, 6) is 0.122. The molecule has 18 heavy (non-hydrogen) atoms. The van der Waals surface area contributed by atoms with Crippen molar-refractivity contribution in [2.45, 2.75) is 26.4 Å². The molecule has 96 valence electrons. The third kappa shape index (κ3) is 2.59. The smallest absolute Gasteiger partial charge is 0.128 e. The van der Waals surface area contributed by atoms with Crippen molar-refractivity contribution in [2.24, 2.45) is 11.7 Å². The number of imidazole rings is 1. The van der Waals surface area contributed by atoms with Gasteiger partial charge in [-0.05, 0) is 12.0 Å². The molecule has 3 nitrogen and oxygen atoms in total. The monoisotopic (exact) mass is 247 g/mol. The van der Waals surface area contributed by atoms with Crippen molar-refractivity contribution in [1.82, 2.24) is 9.55 Å². The summed E-state index contributed by atoms with van der Waals surface area (Å²) in [7, 11) is 0. The molecule has 0 aliphatic rings. The molecule has 0 bridgehead atoms. The first-order chi connectivity index (χ1) is 8.59. The van der Waals surface area contributed by atoms with Gasteiger partial charge in [0, 0.05) is 17.8 Å². The second-order valence-electron chi connectivity index (χ2n) is 4.81. The molecule has 2 aromatic rings. The van der Waals surface area contributed by atoms with Crippen molar-refractivity contribution >= 4 is 0 Å². The van der Waals surface area contributed by atoms with Gasteiger partial charge in [0.2, 0.25) is 0 Å². The number of nitrogens with two attached hydrogens (primary N) is 1. The normalized spacial score (nSPS) is 12.9. The van der Waals surface area contributed by atoms with Crippen LogP contribution in [0.25, 0.3) is 0 Å². The summed E-state index contributed by atoms with van der Waals surface area (Å²) in [6.45, 7) is 4.58. The van der Waals surface area contributed by atoms with Gasteiger partial charge in [-0.1, -0.05) is 32.0 Å². The molecule has 1 heterocycles. The van der Waals surface area contributed by atoms with Crippen LogP contribution in [0.3, 0.4) is 0 Å². The van der Waals surface area contributed by atoms with E-state index in [9.17, 15) is 4.39 Å². The van der Waals surface area contributed by atoms with E-state index in [1.807, 2.05) is 10.6 Å². The molecule has 0 fully saturated rings. The van der Waals surface area contributed by atoms with E-state index in [2.05, 4.69) is 18.8 Å². The highest BCUT2D eigenvalue weighted by Gasteiger charge is 2.15. The van der Waals surface area contributed by atoms with Crippen LogP contribution in [0.1, 0.15) is 31.1 Å². The molecule has 0 spiro atoms. The van der Waals surface area contributed by atoms with E-state index in [-0.39, 0.29) is 11.9 Å². The first-order valence-electron chi connectivity index (χ1n) is 6.08. The van der Waals surface area contributed by atoms with Gasteiger partial charge >= 0.3 is 0 Å². The highest BCUT2D eigenvalue weighted by Crippen LogP contribution is 2.19. The van der Waals surface area contributed by atoms with Crippen molar-refractivity contribution in [3.05, 3.63) is 53.9 Å². The van der Waals surface area contributed by atoms with Crippen molar-refractivity contribution in [1.29, 1.82) is 0 Å². The van der Waals surface area contributed by atoms with Gasteiger partial charge in [-0.15, -0.1) is 0 Å². The quantitative estimate of drug-likeness (QED) is 0.902. The van der Waals surface area contributed by atoms with Crippen LogP contribution in [0.5, 0.6) is 0 Å². The Labute approximate surface area is 106 Å². The molecule has 1 atom stereocenters. The molecule has 1 unspecified atom stereocenters. The van der Waals surface area contributed by atoms with E-state index >= 15 is 0 Å².